The summed E-state index contributed by atoms with van der Waals surface area (Å²) < 4.78 is 38.4. The van der Waals surface area contributed by atoms with Gasteiger partial charge in [-0.05, 0) is 43.9 Å². The summed E-state index contributed by atoms with van der Waals surface area (Å²) in [5, 5.41) is 0. The summed E-state index contributed by atoms with van der Waals surface area (Å²) >= 11 is 0. The van der Waals surface area contributed by atoms with E-state index < -0.39 is 10.0 Å². The van der Waals surface area contributed by atoms with Crippen molar-refractivity contribution in [1.82, 2.24) is 9.62 Å². The van der Waals surface area contributed by atoms with Gasteiger partial charge in [-0.1, -0.05) is 6.07 Å². The standard InChI is InChI=1S/C17H28N2O4S/c1-13-9-14(2)17(10-16(13)23-4)24(20,21)18-11-15-5-6-19(12-15)7-8-22-3/h9-10,15,18H,5-8,11-12H2,1-4H3. The molecule has 0 radical (unpaired) electrons. The third kappa shape index (κ3) is 4.69. The van der Waals surface area contributed by atoms with Gasteiger partial charge in [-0.3, -0.25) is 0 Å². The van der Waals surface area contributed by atoms with Gasteiger partial charge >= 0.3 is 0 Å². The fraction of sp³-hybridized carbons (Fsp3) is 0.647. The van der Waals surface area contributed by atoms with Crippen molar-refractivity contribution in [2.24, 2.45) is 5.92 Å². The molecule has 136 valence electrons. The predicted octanol–water partition coefficient (Wildman–Crippen LogP) is 1.56. The molecule has 1 aliphatic rings. The summed E-state index contributed by atoms with van der Waals surface area (Å²) in [6.07, 6.45) is 1.00. The van der Waals surface area contributed by atoms with E-state index in [0.29, 0.717) is 29.7 Å². The monoisotopic (exact) mass is 356 g/mol. The highest BCUT2D eigenvalue weighted by molar-refractivity contribution is 7.89. The number of nitrogens with one attached hydrogen (secondary N) is 1. The van der Waals surface area contributed by atoms with Crippen LogP contribution in [0, 0.1) is 19.8 Å². The topological polar surface area (TPSA) is 67.9 Å². The number of methoxy groups -OCH3 is 2. The maximum absolute atomic E-state index is 12.6. The number of hydrogen-bond acceptors (Lipinski definition) is 5. The molecule has 0 aliphatic carbocycles. The quantitative estimate of drug-likeness (QED) is 0.766. The molecule has 0 spiro atoms. The Balaban J connectivity index is 2.00. The van der Waals surface area contributed by atoms with Crippen LogP contribution in [0.15, 0.2) is 17.0 Å². The first-order valence-electron chi connectivity index (χ1n) is 8.23. The molecule has 1 saturated heterocycles. The van der Waals surface area contributed by atoms with Crippen molar-refractivity contribution in [3.63, 3.8) is 0 Å². The maximum Gasteiger partial charge on any atom is 0.240 e. The lowest BCUT2D eigenvalue weighted by atomic mass is 10.1. The first kappa shape index (κ1) is 19.2. The Morgan fingerprint density at radius 1 is 1.25 bits per heavy atom. The van der Waals surface area contributed by atoms with Crippen molar-refractivity contribution in [3.8, 4) is 5.75 Å². The first-order chi connectivity index (χ1) is 11.4. The summed E-state index contributed by atoms with van der Waals surface area (Å²) in [6, 6.07) is 3.45. The molecule has 0 bridgehead atoms. The SMILES string of the molecule is COCCN1CCC(CNS(=O)(=O)c2cc(OC)c(C)cc2C)C1. The van der Waals surface area contributed by atoms with Gasteiger partial charge in [-0.15, -0.1) is 0 Å². The number of hydrogen-bond donors (Lipinski definition) is 1. The van der Waals surface area contributed by atoms with Crippen LogP contribution in [0.4, 0.5) is 0 Å². The van der Waals surface area contributed by atoms with Crippen LogP contribution in [0.3, 0.4) is 0 Å². The lowest BCUT2D eigenvalue weighted by Crippen LogP contribution is -2.32. The molecule has 24 heavy (non-hydrogen) atoms. The van der Waals surface area contributed by atoms with E-state index in [-0.39, 0.29) is 0 Å². The second kappa shape index (κ2) is 8.29. The fourth-order valence-electron chi connectivity index (χ4n) is 3.13. The molecule has 1 aliphatic heterocycles. The third-order valence-corrected chi connectivity index (χ3v) is 6.09. The van der Waals surface area contributed by atoms with Crippen LogP contribution < -0.4 is 9.46 Å². The second-order valence-corrected chi connectivity index (χ2v) is 8.12. The summed E-state index contributed by atoms with van der Waals surface area (Å²) in [4.78, 5) is 2.60. The number of benzene rings is 1. The minimum Gasteiger partial charge on any atom is -0.496 e. The van der Waals surface area contributed by atoms with Gasteiger partial charge in [0.1, 0.15) is 5.75 Å². The van der Waals surface area contributed by atoms with Gasteiger partial charge in [0, 0.05) is 32.8 Å². The zero-order chi connectivity index (χ0) is 17.7. The molecule has 1 aromatic rings. The third-order valence-electron chi connectivity index (χ3n) is 4.53. The van der Waals surface area contributed by atoms with E-state index >= 15 is 0 Å². The molecule has 2 rings (SSSR count). The van der Waals surface area contributed by atoms with Crippen LogP contribution in [0.1, 0.15) is 17.5 Å². The minimum atomic E-state index is -3.54. The Hall–Kier alpha value is -1.15. The largest absolute Gasteiger partial charge is 0.496 e. The molecular weight excluding hydrogens is 328 g/mol. The van der Waals surface area contributed by atoms with E-state index in [0.717, 1.165) is 37.2 Å². The molecule has 6 nitrogen and oxygen atoms in total. The highest BCUT2D eigenvalue weighted by Gasteiger charge is 2.25. The number of sulfonamides is 1. The number of ether oxygens (including phenoxy) is 2. The number of likely N-dealkylation sites (tertiary alicyclic amines) is 1. The van der Waals surface area contributed by atoms with Gasteiger partial charge in [-0.25, -0.2) is 13.1 Å². The van der Waals surface area contributed by atoms with Crippen molar-refractivity contribution >= 4 is 10.0 Å². The smallest absolute Gasteiger partial charge is 0.240 e. The predicted molar refractivity (Wildman–Crippen MR) is 94.1 cm³/mol. The van der Waals surface area contributed by atoms with Gasteiger partial charge in [0.25, 0.3) is 0 Å². The van der Waals surface area contributed by atoms with Crippen LogP contribution >= 0.6 is 0 Å². The fourth-order valence-corrected chi connectivity index (χ4v) is 4.49. The van der Waals surface area contributed by atoms with Gasteiger partial charge in [0.05, 0.1) is 18.6 Å². The molecule has 0 aromatic heterocycles. The van der Waals surface area contributed by atoms with Gasteiger partial charge < -0.3 is 14.4 Å². The van der Waals surface area contributed by atoms with Crippen molar-refractivity contribution in [3.05, 3.63) is 23.3 Å². The number of aryl methyl sites for hydroxylation is 2. The zero-order valence-electron chi connectivity index (χ0n) is 15.0. The van der Waals surface area contributed by atoms with Gasteiger partial charge in [0.2, 0.25) is 10.0 Å². The molecule has 7 heteroatoms. The molecule has 1 atom stereocenters. The van der Waals surface area contributed by atoms with E-state index in [9.17, 15) is 8.42 Å². The zero-order valence-corrected chi connectivity index (χ0v) is 15.8. The van der Waals surface area contributed by atoms with E-state index in [2.05, 4.69) is 9.62 Å². The van der Waals surface area contributed by atoms with Gasteiger partial charge in [-0.2, -0.15) is 0 Å². The first-order valence-corrected chi connectivity index (χ1v) is 9.72. The number of rotatable bonds is 8. The average Bonchev–Trinajstić information content (AvgIpc) is 2.99. The molecule has 0 amide bonds. The lowest BCUT2D eigenvalue weighted by molar-refractivity contribution is 0.159. The summed E-state index contributed by atoms with van der Waals surface area (Å²) in [5.41, 5.74) is 1.66. The summed E-state index contributed by atoms with van der Waals surface area (Å²) in [7, 11) is -0.291. The highest BCUT2D eigenvalue weighted by Crippen LogP contribution is 2.26. The highest BCUT2D eigenvalue weighted by atomic mass is 32.2. The van der Waals surface area contributed by atoms with E-state index in [1.165, 1.54) is 0 Å². The number of nitrogens with zero attached hydrogens (tertiary/aromatic N) is 1. The Labute approximate surface area is 145 Å². The normalized spacial score (nSPS) is 18.9. The van der Waals surface area contributed by atoms with Crippen LogP contribution in [-0.4, -0.2) is 60.3 Å². The van der Waals surface area contributed by atoms with Crippen molar-refractivity contribution < 1.29 is 17.9 Å². The summed E-state index contributed by atoms with van der Waals surface area (Å²) in [5.74, 6) is 0.928. The molecule has 1 unspecified atom stereocenters. The molecule has 1 fully saturated rings. The van der Waals surface area contributed by atoms with E-state index in [4.69, 9.17) is 9.47 Å². The van der Waals surface area contributed by atoms with Crippen LogP contribution in [0.5, 0.6) is 5.75 Å². The Bertz CT molecular complexity index is 661. The van der Waals surface area contributed by atoms with Crippen molar-refractivity contribution in [1.29, 1.82) is 0 Å². The average molecular weight is 356 g/mol. The maximum atomic E-state index is 12.6. The minimum absolute atomic E-state index is 0.291. The Morgan fingerprint density at radius 3 is 2.67 bits per heavy atom. The van der Waals surface area contributed by atoms with Crippen LogP contribution in [0.25, 0.3) is 0 Å². The van der Waals surface area contributed by atoms with Crippen molar-refractivity contribution in [2.75, 3.05) is 47.0 Å². The van der Waals surface area contributed by atoms with Crippen molar-refractivity contribution in [2.45, 2.75) is 25.2 Å². The second-order valence-electron chi connectivity index (χ2n) is 6.39. The Kier molecular flexibility index (Phi) is 6.62. The lowest BCUT2D eigenvalue weighted by Gasteiger charge is -2.16. The van der Waals surface area contributed by atoms with Crippen LogP contribution in [0.2, 0.25) is 0 Å². The van der Waals surface area contributed by atoms with Gasteiger partial charge in [0.15, 0.2) is 0 Å². The molecular formula is C17H28N2O4S. The molecule has 0 saturated carbocycles. The Morgan fingerprint density at radius 2 is 2.00 bits per heavy atom. The molecule has 1 heterocycles. The summed E-state index contributed by atoms with van der Waals surface area (Å²) in [6.45, 7) is 7.68. The van der Waals surface area contributed by atoms with E-state index in [1.54, 1.807) is 20.3 Å². The van der Waals surface area contributed by atoms with Crippen LogP contribution in [-0.2, 0) is 14.8 Å². The van der Waals surface area contributed by atoms with E-state index in [1.807, 2.05) is 19.9 Å². The molecule has 1 N–H and O–H groups in total. The molecule has 1 aromatic carbocycles.